The molecular weight excluding hydrogens is 156 g/mol. The summed E-state index contributed by atoms with van der Waals surface area (Å²) in [5.74, 6) is -0.410. The zero-order chi connectivity index (χ0) is 8.97. The third kappa shape index (κ3) is 1.69. The van der Waals surface area contributed by atoms with Crippen LogP contribution in [0.5, 0.6) is 0 Å². The van der Waals surface area contributed by atoms with Crippen molar-refractivity contribution in [3.05, 3.63) is 35.4 Å². The zero-order valence-electron chi connectivity index (χ0n) is 6.53. The van der Waals surface area contributed by atoms with Crippen LogP contribution in [0.1, 0.15) is 15.9 Å². The highest BCUT2D eigenvalue weighted by Crippen LogP contribution is 2.03. The van der Waals surface area contributed by atoms with Crippen molar-refractivity contribution in [3.63, 3.8) is 0 Å². The topological polar surface area (TPSA) is 43.4 Å². The van der Waals surface area contributed by atoms with Gasteiger partial charge in [0.05, 0.1) is 12.7 Å². The normalized spacial score (nSPS) is 9.08. The van der Waals surface area contributed by atoms with Gasteiger partial charge in [-0.25, -0.2) is 4.79 Å². The van der Waals surface area contributed by atoms with Crippen LogP contribution in [-0.2, 0) is 9.53 Å². The summed E-state index contributed by atoms with van der Waals surface area (Å²) < 4.78 is 4.47. The average molecular weight is 163 g/mol. The molecule has 0 unspecified atom stereocenters. The molecule has 0 saturated heterocycles. The maximum atomic E-state index is 10.9. The van der Waals surface area contributed by atoms with Crippen LogP contribution in [0, 0.1) is 0 Å². The summed E-state index contributed by atoms with van der Waals surface area (Å²) in [7, 11) is 1.31. The van der Waals surface area contributed by atoms with E-state index in [2.05, 4.69) is 4.74 Å². The molecule has 0 amide bonds. The summed E-state index contributed by atoms with van der Waals surface area (Å²) in [5, 5.41) is 0. The highest BCUT2D eigenvalue weighted by molar-refractivity contribution is 5.90. The lowest BCUT2D eigenvalue weighted by Gasteiger charge is -1.97. The average Bonchev–Trinajstić information content (AvgIpc) is 2.17. The molecule has 0 aliphatic rings. The number of hydrogen-bond acceptors (Lipinski definition) is 3. The van der Waals surface area contributed by atoms with E-state index in [1.165, 1.54) is 31.4 Å². The van der Waals surface area contributed by atoms with Crippen molar-refractivity contribution in [2.75, 3.05) is 7.11 Å². The molecule has 0 aromatic heterocycles. The van der Waals surface area contributed by atoms with E-state index < -0.39 is 5.97 Å². The molecule has 1 aromatic rings. The van der Waals surface area contributed by atoms with Gasteiger partial charge in [-0.05, 0) is 12.1 Å². The van der Waals surface area contributed by atoms with Crippen LogP contribution >= 0.6 is 0 Å². The van der Waals surface area contributed by atoms with Crippen LogP contribution in [-0.4, -0.2) is 19.4 Å². The van der Waals surface area contributed by atoms with Crippen molar-refractivity contribution >= 4 is 12.3 Å². The Kier molecular flexibility index (Phi) is 2.58. The number of hydrogen-bond donors (Lipinski definition) is 0. The molecule has 0 bridgehead atoms. The van der Waals surface area contributed by atoms with Crippen LogP contribution in [0.4, 0.5) is 0 Å². The smallest absolute Gasteiger partial charge is 0.337 e. The van der Waals surface area contributed by atoms with Crippen LogP contribution in [0.25, 0.3) is 0 Å². The maximum absolute atomic E-state index is 10.9. The van der Waals surface area contributed by atoms with Crippen LogP contribution in [0.15, 0.2) is 24.3 Å². The summed E-state index contributed by atoms with van der Waals surface area (Å²) in [6, 6.07) is 6.07. The molecule has 12 heavy (non-hydrogen) atoms. The van der Waals surface area contributed by atoms with Crippen molar-refractivity contribution in [1.82, 2.24) is 0 Å². The Bertz CT molecular complexity index is 287. The first-order valence-electron chi connectivity index (χ1n) is 3.34. The summed E-state index contributed by atoms with van der Waals surface area (Å²) in [5.41, 5.74) is 0.846. The largest absolute Gasteiger partial charge is 0.465 e. The Morgan fingerprint density at radius 1 is 1.33 bits per heavy atom. The monoisotopic (exact) mass is 163 g/mol. The summed E-state index contributed by atoms with van der Waals surface area (Å²) >= 11 is 0. The predicted molar refractivity (Wildman–Crippen MR) is 42.6 cm³/mol. The fourth-order valence-corrected chi connectivity index (χ4v) is 0.792. The number of carbonyl (C=O) groups is 1. The second-order valence-corrected chi connectivity index (χ2v) is 2.17. The standard InChI is InChI=1S/C9H7O3/c1-12-9(11)8-4-2-7(6-10)3-5-8/h2-5H,1H3. The first-order chi connectivity index (χ1) is 5.77. The number of esters is 1. The SMILES string of the molecule is COC(=O)c1ccc([C]=O)cc1. The Balaban J connectivity index is 2.91. The van der Waals surface area contributed by atoms with Gasteiger partial charge in [0.1, 0.15) is 0 Å². The van der Waals surface area contributed by atoms with E-state index in [1.54, 1.807) is 6.29 Å². The minimum atomic E-state index is -0.410. The lowest BCUT2D eigenvalue weighted by molar-refractivity contribution is 0.0600. The van der Waals surface area contributed by atoms with Crippen LogP contribution < -0.4 is 0 Å². The van der Waals surface area contributed by atoms with Crippen molar-refractivity contribution in [2.24, 2.45) is 0 Å². The van der Waals surface area contributed by atoms with Crippen molar-refractivity contribution in [1.29, 1.82) is 0 Å². The predicted octanol–water partition coefficient (Wildman–Crippen LogP) is 0.931. The lowest BCUT2D eigenvalue weighted by Crippen LogP contribution is -2.00. The van der Waals surface area contributed by atoms with Gasteiger partial charge in [0.25, 0.3) is 0 Å². The van der Waals surface area contributed by atoms with Gasteiger partial charge in [-0.3, -0.25) is 4.79 Å². The summed E-state index contributed by atoms with van der Waals surface area (Å²) in [6.45, 7) is 0. The van der Waals surface area contributed by atoms with Gasteiger partial charge in [0, 0.05) is 5.56 Å². The van der Waals surface area contributed by atoms with Crippen molar-refractivity contribution in [2.45, 2.75) is 0 Å². The van der Waals surface area contributed by atoms with E-state index in [-0.39, 0.29) is 0 Å². The molecule has 0 atom stereocenters. The summed E-state index contributed by atoms with van der Waals surface area (Å²) in [4.78, 5) is 21.0. The maximum Gasteiger partial charge on any atom is 0.337 e. The molecule has 1 rings (SSSR count). The molecule has 61 valence electrons. The first kappa shape index (κ1) is 8.46. The van der Waals surface area contributed by atoms with E-state index in [1.807, 2.05) is 0 Å². The molecule has 1 radical (unpaired) electrons. The molecule has 0 fully saturated rings. The van der Waals surface area contributed by atoms with Crippen LogP contribution in [0.2, 0.25) is 0 Å². The Hall–Kier alpha value is -1.64. The van der Waals surface area contributed by atoms with Crippen LogP contribution in [0.3, 0.4) is 0 Å². The number of rotatable bonds is 2. The molecule has 0 spiro atoms. The van der Waals surface area contributed by atoms with Gasteiger partial charge in [-0.2, -0.15) is 0 Å². The van der Waals surface area contributed by atoms with Gasteiger partial charge < -0.3 is 4.74 Å². The Labute approximate surface area is 70.0 Å². The second kappa shape index (κ2) is 3.67. The third-order valence-electron chi connectivity index (χ3n) is 1.42. The fourth-order valence-electron chi connectivity index (χ4n) is 0.792. The minimum Gasteiger partial charge on any atom is -0.465 e. The fraction of sp³-hybridized carbons (Fsp3) is 0.111. The van der Waals surface area contributed by atoms with Gasteiger partial charge in [0.15, 0.2) is 0 Å². The van der Waals surface area contributed by atoms with Gasteiger partial charge >= 0.3 is 5.97 Å². The molecule has 1 aromatic carbocycles. The number of carbonyl (C=O) groups excluding carboxylic acids is 2. The second-order valence-electron chi connectivity index (χ2n) is 2.17. The number of methoxy groups -OCH3 is 1. The first-order valence-corrected chi connectivity index (χ1v) is 3.34. The highest BCUT2D eigenvalue weighted by atomic mass is 16.5. The summed E-state index contributed by atoms with van der Waals surface area (Å²) in [6.07, 6.45) is 1.71. The van der Waals surface area contributed by atoms with E-state index in [4.69, 9.17) is 0 Å². The zero-order valence-corrected chi connectivity index (χ0v) is 6.53. The van der Waals surface area contributed by atoms with Crippen molar-refractivity contribution < 1.29 is 14.3 Å². The Morgan fingerprint density at radius 3 is 2.33 bits per heavy atom. The third-order valence-corrected chi connectivity index (χ3v) is 1.42. The minimum absolute atomic E-state index is 0.410. The number of benzene rings is 1. The molecule has 0 aliphatic carbocycles. The molecule has 0 heterocycles. The molecule has 3 nitrogen and oxygen atoms in total. The molecule has 0 saturated carbocycles. The molecule has 0 aliphatic heterocycles. The molecular formula is C9H7O3. The van der Waals surface area contributed by atoms with Gasteiger partial charge in [-0.15, -0.1) is 0 Å². The van der Waals surface area contributed by atoms with E-state index >= 15 is 0 Å². The quantitative estimate of drug-likeness (QED) is 0.609. The van der Waals surface area contributed by atoms with Gasteiger partial charge in [0.2, 0.25) is 6.29 Å². The highest BCUT2D eigenvalue weighted by Gasteiger charge is 2.03. The van der Waals surface area contributed by atoms with E-state index in [0.717, 1.165) is 0 Å². The molecule has 3 heteroatoms. The molecule has 0 N–H and O–H groups in total. The van der Waals surface area contributed by atoms with E-state index in [0.29, 0.717) is 11.1 Å². The van der Waals surface area contributed by atoms with E-state index in [9.17, 15) is 9.59 Å². The Morgan fingerprint density at radius 2 is 1.92 bits per heavy atom. The van der Waals surface area contributed by atoms with Gasteiger partial charge in [-0.1, -0.05) is 12.1 Å². The lowest BCUT2D eigenvalue weighted by atomic mass is 10.1. The van der Waals surface area contributed by atoms with Crippen molar-refractivity contribution in [3.8, 4) is 0 Å². The number of ether oxygens (including phenoxy) is 1.